The number of rotatable bonds is 2. The van der Waals surface area contributed by atoms with E-state index in [0.29, 0.717) is 0 Å². The summed E-state index contributed by atoms with van der Waals surface area (Å²) in [5, 5.41) is 0.190. The number of esters is 1. The molecular weight excluding hydrogens is 188 g/mol. The molecule has 0 saturated heterocycles. The molecule has 1 aliphatic rings. The highest BCUT2D eigenvalue weighted by atomic mass is 35.5. The van der Waals surface area contributed by atoms with Gasteiger partial charge in [-0.05, 0) is 37.4 Å². The lowest BCUT2D eigenvalue weighted by atomic mass is 9.89. The van der Waals surface area contributed by atoms with Crippen molar-refractivity contribution >= 4 is 17.6 Å². The second kappa shape index (κ2) is 5.28. The van der Waals surface area contributed by atoms with Crippen molar-refractivity contribution < 1.29 is 9.53 Å². The van der Waals surface area contributed by atoms with E-state index >= 15 is 0 Å². The number of ether oxygens (including phenoxy) is 1. The Bertz CT molecular complexity index is 205. The van der Waals surface area contributed by atoms with E-state index in [-0.39, 0.29) is 17.1 Å². The Morgan fingerprint density at radius 3 is 2.54 bits per heavy atom. The van der Waals surface area contributed by atoms with Crippen molar-refractivity contribution in [3.63, 3.8) is 0 Å². The van der Waals surface area contributed by atoms with Crippen molar-refractivity contribution in [2.75, 3.05) is 0 Å². The van der Waals surface area contributed by atoms with Gasteiger partial charge in [-0.25, -0.2) is 0 Å². The molecule has 1 saturated carbocycles. The van der Waals surface area contributed by atoms with Gasteiger partial charge in [-0.2, -0.15) is 0 Å². The van der Waals surface area contributed by atoms with Gasteiger partial charge in [0.2, 0.25) is 0 Å². The fourth-order valence-corrected chi connectivity index (χ4v) is 1.65. The Balaban J connectivity index is 2.37. The molecule has 0 amide bonds. The van der Waals surface area contributed by atoms with E-state index < -0.39 is 0 Å². The Morgan fingerprint density at radius 2 is 2.00 bits per heavy atom. The van der Waals surface area contributed by atoms with Gasteiger partial charge in [0.15, 0.2) is 5.22 Å². The molecule has 2 nitrogen and oxygen atoms in total. The molecule has 0 aromatic heterocycles. The Labute approximate surface area is 83.9 Å². The monoisotopic (exact) mass is 202 g/mol. The number of halogens is 1. The van der Waals surface area contributed by atoms with E-state index in [4.69, 9.17) is 16.3 Å². The molecule has 1 rings (SSSR count). The molecule has 0 aliphatic heterocycles. The van der Waals surface area contributed by atoms with Gasteiger partial charge in [-0.15, -0.1) is 0 Å². The molecule has 0 atom stereocenters. The number of hydrogen-bond acceptors (Lipinski definition) is 2. The molecule has 1 aliphatic carbocycles. The van der Waals surface area contributed by atoms with Crippen LogP contribution in [0.3, 0.4) is 0 Å². The van der Waals surface area contributed by atoms with Gasteiger partial charge in [-0.3, -0.25) is 4.79 Å². The first-order valence-electron chi connectivity index (χ1n) is 4.77. The average molecular weight is 203 g/mol. The van der Waals surface area contributed by atoms with Crippen molar-refractivity contribution in [3.8, 4) is 0 Å². The van der Waals surface area contributed by atoms with Gasteiger partial charge in [0, 0.05) is 0 Å². The summed E-state index contributed by atoms with van der Waals surface area (Å²) in [6.45, 7) is 1.75. The maximum atomic E-state index is 11.4. The second-order valence-electron chi connectivity index (χ2n) is 3.35. The maximum absolute atomic E-state index is 11.4. The number of carbonyl (C=O) groups is 1. The highest BCUT2D eigenvalue weighted by Crippen LogP contribution is 2.25. The average Bonchev–Trinajstić information content (AvgIpc) is 2.19. The van der Waals surface area contributed by atoms with Crippen molar-refractivity contribution in [2.45, 2.75) is 39.0 Å². The van der Waals surface area contributed by atoms with Crippen molar-refractivity contribution in [3.05, 3.63) is 11.3 Å². The molecule has 0 N–H and O–H groups in total. The van der Waals surface area contributed by atoms with Crippen LogP contribution in [0.5, 0.6) is 0 Å². The number of allylic oxidation sites excluding steroid dienone is 1. The summed E-state index contributed by atoms with van der Waals surface area (Å²) < 4.78 is 4.93. The molecule has 0 unspecified atom stereocenters. The van der Waals surface area contributed by atoms with E-state index in [2.05, 4.69) is 0 Å². The third-order valence-electron chi connectivity index (χ3n) is 2.36. The minimum Gasteiger partial charge on any atom is -0.414 e. The van der Waals surface area contributed by atoms with Crippen LogP contribution in [0.4, 0.5) is 0 Å². The smallest absolute Gasteiger partial charge is 0.315 e. The van der Waals surface area contributed by atoms with Gasteiger partial charge in [0.25, 0.3) is 0 Å². The van der Waals surface area contributed by atoms with E-state index in [1.165, 1.54) is 6.42 Å². The lowest BCUT2D eigenvalue weighted by Crippen LogP contribution is -2.19. The van der Waals surface area contributed by atoms with Gasteiger partial charge in [0.05, 0.1) is 5.92 Å². The quantitative estimate of drug-likeness (QED) is 0.508. The fourth-order valence-electron chi connectivity index (χ4n) is 1.58. The summed E-state index contributed by atoms with van der Waals surface area (Å²) in [7, 11) is 0. The Morgan fingerprint density at radius 1 is 1.38 bits per heavy atom. The van der Waals surface area contributed by atoms with Gasteiger partial charge >= 0.3 is 5.97 Å². The Kier molecular flexibility index (Phi) is 4.29. The second-order valence-corrected chi connectivity index (χ2v) is 3.72. The minimum absolute atomic E-state index is 0.0717. The topological polar surface area (TPSA) is 26.3 Å². The SMILES string of the molecule is C/C=C(\Cl)OC(=O)C1CCCCC1. The van der Waals surface area contributed by atoms with E-state index in [1.54, 1.807) is 13.0 Å². The predicted octanol–water partition coefficient (Wildman–Crippen LogP) is 3.21. The summed E-state index contributed by atoms with van der Waals surface area (Å²) >= 11 is 5.60. The van der Waals surface area contributed by atoms with Gasteiger partial charge < -0.3 is 4.74 Å². The van der Waals surface area contributed by atoms with Gasteiger partial charge in [-0.1, -0.05) is 19.3 Å². The first-order chi connectivity index (χ1) is 6.24. The first-order valence-corrected chi connectivity index (χ1v) is 5.15. The highest BCUT2D eigenvalue weighted by Gasteiger charge is 2.22. The van der Waals surface area contributed by atoms with Crippen LogP contribution in [0.25, 0.3) is 0 Å². The summed E-state index contributed by atoms with van der Waals surface area (Å²) in [4.78, 5) is 11.4. The lowest BCUT2D eigenvalue weighted by Gasteiger charge is -2.19. The largest absolute Gasteiger partial charge is 0.414 e. The predicted molar refractivity (Wildman–Crippen MR) is 52.3 cm³/mol. The molecule has 13 heavy (non-hydrogen) atoms. The van der Waals surface area contributed by atoms with Crippen LogP contribution in [0.1, 0.15) is 39.0 Å². The number of carbonyl (C=O) groups excluding carboxylic acids is 1. The summed E-state index contributed by atoms with van der Waals surface area (Å²) in [6, 6.07) is 0. The molecule has 1 fully saturated rings. The van der Waals surface area contributed by atoms with Crippen molar-refractivity contribution in [1.29, 1.82) is 0 Å². The minimum atomic E-state index is -0.164. The number of hydrogen-bond donors (Lipinski definition) is 0. The van der Waals surface area contributed by atoms with Crippen LogP contribution in [0.2, 0.25) is 0 Å². The summed E-state index contributed by atoms with van der Waals surface area (Å²) in [5.74, 6) is -0.0924. The molecular formula is C10H15ClO2. The summed E-state index contributed by atoms with van der Waals surface area (Å²) in [6.07, 6.45) is 6.99. The van der Waals surface area contributed by atoms with Crippen LogP contribution >= 0.6 is 11.6 Å². The first kappa shape index (κ1) is 10.6. The van der Waals surface area contributed by atoms with Crippen molar-refractivity contribution in [1.82, 2.24) is 0 Å². The highest BCUT2D eigenvalue weighted by molar-refractivity contribution is 6.28. The molecule has 0 aromatic carbocycles. The van der Waals surface area contributed by atoms with Crippen LogP contribution in [0, 0.1) is 5.92 Å². The van der Waals surface area contributed by atoms with Crippen LogP contribution in [-0.4, -0.2) is 5.97 Å². The van der Waals surface area contributed by atoms with Crippen LogP contribution < -0.4 is 0 Å². The normalized spacial score (nSPS) is 20.0. The van der Waals surface area contributed by atoms with E-state index in [9.17, 15) is 4.79 Å². The van der Waals surface area contributed by atoms with Crippen molar-refractivity contribution in [2.24, 2.45) is 5.92 Å². The zero-order valence-electron chi connectivity index (χ0n) is 7.88. The standard InChI is InChI=1S/C10H15ClO2/c1-2-9(11)13-10(12)8-6-4-3-5-7-8/h2,8H,3-7H2,1H3/b9-2+. The molecule has 74 valence electrons. The van der Waals surface area contributed by atoms with Crippen LogP contribution in [0.15, 0.2) is 11.3 Å². The zero-order chi connectivity index (χ0) is 9.68. The molecule has 3 heteroatoms. The third kappa shape index (κ3) is 3.39. The molecule has 0 heterocycles. The molecule has 0 radical (unpaired) electrons. The zero-order valence-corrected chi connectivity index (χ0v) is 8.64. The van der Waals surface area contributed by atoms with Crippen LogP contribution in [-0.2, 0) is 9.53 Å². The molecule has 0 aromatic rings. The van der Waals surface area contributed by atoms with Gasteiger partial charge in [0.1, 0.15) is 0 Å². The van der Waals surface area contributed by atoms with E-state index in [0.717, 1.165) is 25.7 Å². The third-order valence-corrected chi connectivity index (χ3v) is 2.66. The molecule has 0 spiro atoms. The fraction of sp³-hybridized carbons (Fsp3) is 0.700. The maximum Gasteiger partial charge on any atom is 0.315 e. The lowest BCUT2D eigenvalue weighted by molar-refractivity contribution is -0.144. The Hall–Kier alpha value is -0.500. The molecule has 0 bridgehead atoms. The summed E-state index contributed by atoms with van der Waals surface area (Å²) in [5.41, 5.74) is 0. The van der Waals surface area contributed by atoms with E-state index in [1.807, 2.05) is 0 Å².